The van der Waals surface area contributed by atoms with E-state index in [9.17, 15) is 9.18 Å². The van der Waals surface area contributed by atoms with E-state index in [0.717, 1.165) is 23.3 Å². The van der Waals surface area contributed by atoms with Gasteiger partial charge in [0.15, 0.2) is 0 Å². The molecule has 0 spiro atoms. The van der Waals surface area contributed by atoms with Gasteiger partial charge in [-0.1, -0.05) is 30.7 Å². The molecule has 0 heterocycles. The molecule has 3 heteroatoms. The minimum absolute atomic E-state index is 0.0624. The number of ether oxygens (including phenoxy) is 1. The highest BCUT2D eigenvalue weighted by atomic mass is 19.1. The fourth-order valence-corrected chi connectivity index (χ4v) is 2.32. The Hall–Kier alpha value is -2.16. The molecule has 22 heavy (non-hydrogen) atoms. The van der Waals surface area contributed by atoms with Crippen molar-refractivity contribution in [3.63, 3.8) is 0 Å². The van der Waals surface area contributed by atoms with E-state index in [4.69, 9.17) is 4.74 Å². The van der Waals surface area contributed by atoms with Crippen molar-refractivity contribution < 1.29 is 13.9 Å². The normalized spacial score (nSPS) is 10.5. The molecule has 0 saturated heterocycles. The van der Waals surface area contributed by atoms with Crippen LogP contribution in [0.3, 0.4) is 0 Å². The smallest absolute Gasteiger partial charge is 0.140 e. The molecule has 2 aromatic rings. The minimum Gasteiger partial charge on any atom is -0.493 e. The van der Waals surface area contributed by atoms with Crippen molar-refractivity contribution in [3.8, 4) is 5.75 Å². The first-order valence-electron chi connectivity index (χ1n) is 7.57. The summed E-state index contributed by atoms with van der Waals surface area (Å²) in [5, 5.41) is 0. The Kier molecular flexibility index (Phi) is 5.70. The molecule has 2 nitrogen and oxygen atoms in total. The van der Waals surface area contributed by atoms with Crippen LogP contribution in [0.15, 0.2) is 42.5 Å². The van der Waals surface area contributed by atoms with Crippen LogP contribution in [0.1, 0.15) is 30.0 Å². The summed E-state index contributed by atoms with van der Waals surface area (Å²) in [5.41, 5.74) is 2.97. The lowest BCUT2D eigenvalue weighted by atomic mass is 9.99. The second kappa shape index (κ2) is 7.74. The van der Waals surface area contributed by atoms with E-state index in [1.54, 1.807) is 6.07 Å². The Morgan fingerprint density at radius 2 is 1.82 bits per heavy atom. The molecule has 0 amide bonds. The van der Waals surface area contributed by atoms with Gasteiger partial charge in [-0.3, -0.25) is 4.79 Å². The zero-order chi connectivity index (χ0) is 15.9. The lowest BCUT2D eigenvalue weighted by molar-refractivity contribution is -0.118. The molecular formula is C19H21FO2. The van der Waals surface area contributed by atoms with Crippen LogP contribution in [-0.2, 0) is 17.6 Å². The number of hydrogen-bond donors (Lipinski definition) is 0. The van der Waals surface area contributed by atoms with Gasteiger partial charge >= 0.3 is 0 Å². The van der Waals surface area contributed by atoms with Crippen molar-refractivity contribution in [1.29, 1.82) is 0 Å². The van der Waals surface area contributed by atoms with Crippen molar-refractivity contribution in [2.24, 2.45) is 0 Å². The molecular weight excluding hydrogens is 279 g/mol. The molecule has 2 rings (SSSR count). The number of aryl methyl sites for hydroxylation is 2. The summed E-state index contributed by atoms with van der Waals surface area (Å²) in [6, 6.07) is 12.4. The molecule has 0 aliphatic carbocycles. The van der Waals surface area contributed by atoms with Crippen LogP contribution < -0.4 is 4.74 Å². The summed E-state index contributed by atoms with van der Waals surface area (Å²) in [5.74, 6) is 0.529. The van der Waals surface area contributed by atoms with Crippen molar-refractivity contribution in [3.05, 3.63) is 65.0 Å². The minimum atomic E-state index is -0.295. The highest BCUT2D eigenvalue weighted by Gasteiger charge is 2.09. The number of carbonyl (C=O) groups is 1. The molecule has 0 atom stereocenters. The third kappa shape index (κ3) is 4.69. The van der Waals surface area contributed by atoms with E-state index in [-0.39, 0.29) is 18.0 Å². The lowest BCUT2D eigenvalue weighted by Crippen LogP contribution is -2.10. The van der Waals surface area contributed by atoms with Crippen LogP contribution in [0.25, 0.3) is 0 Å². The van der Waals surface area contributed by atoms with Crippen LogP contribution >= 0.6 is 0 Å². The monoisotopic (exact) mass is 300 g/mol. The SMILES string of the molecule is CCc1ccc(F)cc1CC(=O)CCOc1ccc(C)cc1. The Morgan fingerprint density at radius 3 is 2.50 bits per heavy atom. The molecule has 0 aliphatic rings. The number of carbonyl (C=O) groups excluding carboxylic acids is 1. The van der Waals surface area contributed by atoms with Gasteiger partial charge < -0.3 is 4.74 Å². The number of rotatable bonds is 7. The van der Waals surface area contributed by atoms with Gasteiger partial charge in [0.25, 0.3) is 0 Å². The highest BCUT2D eigenvalue weighted by Crippen LogP contribution is 2.15. The quantitative estimate of drug-likeness (QED) is 0.763. The maximum Gasteiger partial charge on any atom is 0.140 e. The molecule has 2 aromatic carbocycles. The molecule has 0 unspecified atom stereocenters. The average Bonchev–Trinajstić information content (AvgIpc) is 2.49. The van der Waals surface area contributed by atoms with E-state index < -0.39 is 0 Å². The van der Waals surface area contributed by atoms with Gasteiger partial charge in [0.2, 0.25) is 0 Å². The molecule has 0 saturated carbocycles. The Labute approximate surface area is 130 Å². The van der Waals surface area contributed by atoms with E-state index in [2.05, 4.69) is 0 Å². The third-order valence-electron chi connectivity index (χ3n) is 3.61. The zero-order valence-corrected chi connectivity index (χ0v) is 13.1. The number of benzene rings is 2. The zero-order valence-electron chi connectivity index (χ0n) is 13.1. The van der Waals surface area contributed by atoms with Gasteiger partial charge in [0.1, 0.15) is 17.3 Å². The molecule has 0 radical (unpaired) electrons. The van der Waals surface area contributed by atoms with E-state index in [1.165, 1.54) is 17.7 Å². The number of halogens is 1. The Bertz CT molecular complexity index is 632. The third-order valence-corrected chi connectivity index (χ3v) is 3.61. The fourth-order valence-electron chi connectivity index (χ4n) is 2.32. The van der Waals surface area contributed by atoms with E-state index >= 15 is 0 Å². The van der Waals surface area contributed by atoms with Crippen molar-refractivity contribution in [1.82, 2.24) is 0 Å². The second-order valence-electron chi connectivity index (χ2n) is 5.39. The first kappa shape index (κ1) is 16.2. The highest BCUT2D eigenvalue weighted by molar-refractivity contribution is 5.81. The van der Waals surface area contributed by atoms with Crippen LogP contribution in [0.2, 0.25) is 0 Å². The molecule has 0 fully saturated rings. The van der Waals surface area contributed by atoms with Crippen LogP contribution in [0.5, 0.6) is 5.75 Å². The van der Waals surface area contributed by atoms with E-state index in [0.29, 0.717) is 13.0 Å². The first-order valence-corrected chi connectivity index (χ1v) is 7.57. The van der Waals surface area contributed by atoms with Gasteiger partial charge in [-0.15, -0.1) is 0 Å². The number of hydrogen-bond acceptors (Lipinski definition) is 2. The molecule has 0 aromatic heterocycles. The topological polar surface area (TPSA) is 26.3 Å². The lowest BCUT2D eigenvalue weighted by Gasteiger charge is -2.09. The van der Waals surface area contributed by atoms with Gasteiger partial charge in [-0.2, -0.15) is 0 Å². The van der Waals surface area contributed by atoms with Gasteiger partial charge in [-0.05, 0) is 48.7 Å². The Balaban J connectivity index is 1.85. The average molecular weight is 300 g/mol. The predicted molar refractivity (Wildman–Crippen MR) is 85.8 cm³/mol. The van der Waals surface area contributed by atoms with E-state index in [1.807, 2.05) is 38.1 Å². The fraction of sp³-hybridized carbons (Fsp3) is 0.316. The molecule has 116 valence electrons. The maximum atomic E-state index is 13.3. The summed E-state index contributed by atoms with van der Waals surface area (Å²) in [7, 11) is 0. The summed E-state index contributed by atoms with van der Waals surface area (Å²) >= 11 is 0. The van der Waals surface area contributed by atoms with Gasteiger partial charge in [0.05, 0.1) is 6.61 Å². The molecule has 0 bridgehead atoms. The summed E-state index contributed by atoms with van der Waals surface area (Å²) in [6.07, 6.45) is 1.38. The summed E-state index contributed by atoms with van der Waals surface area (Å²) in [6.45, 7) is 4.36. The number of Topliss-reactive ketones (excluding diaryl/α,β-unsaturated/α-hetero) is 1. The Morgan fingerprint density at radius 1 is 1.09 bits per heavy atom. The molecule has 0 N–H and O–H groups in total. The van der Waals surface area contributed by atoms with Crippen molar-refractivity contribution in [2.75, 3.05) is 6.61 Å². The van der Waals surface area contributed by atoms with Crippen LogP contribution in [0.4, 0.5) is 4.39 Å². The van der Waals surface area contributed by atoms with Crippen LogP contribution in [0, 0.1) is 12.7 Å². The predicted octanol–water partition coefficient (Wildman–Crippen LogP) is 4.28. The largest absolute Gasteiger partial charge is 0.493 e. The maximum absolute atomic E-state index is 13.3. The molecule has 0 aliphatic heterocycles. The van der Waals surface area contributed by atoms with Crippen molar-refractivity contribution >= 4 is 5.78 Å². The number of ketones is 1. The van der Waals surface area contributed by atoms with Crippen LogP contribution in [-0.4, -0.2) is 12.4 Å². The van der Waals surface area contributed by atoms with Crippen molar-refractivity contribution in [2.45, 2.75) is 33.1 Å². The van der Waals surface area contributed by atoms with Gasteiger partial charge in [-0.25, -0.2) is 4.39 Å². The van der Waals surface area contributed by atoms with Gasteiger partial charge in [0, 0.05) is 12.8 Å². The first-order chi connectivity index (χ1) is 10.6. The standard InChI is InChI=1S/C19H21FO2/c1-3-15-6-7-17(20)12-16(15)13-18(21)10-11-22-19-8-4-14(2)5-9-19/h4-9,12H,3,10-11,13H2,1-2H3. The summed E-state index contributed by atoms with van der Waals surface area (Å²) < 4.78 is 18.9. The second-order valence-corrected chi connectivity index (χ2v) is 5.39. The summed E-state index contributed by atoms with van der Waals surface area (Å²) in [4.78, 5) is 12.0.